The molecule has 0 radical (unpaired) electrons. The monoisotopic (exact) mass is 403 g/mol. The van der Waals surface area contributed by atoms with Crippen LogP contribution in [-0.2, 0) is 16.1 Å². The van der Waals surface area contributed by atoms with Crippen molar-refractivity contribution in [3.63, 3.8) is 0 Å². The number of benzene rings is 2. The van der Waals surface area contributed by atoms with Crippen LogP contribution in [-0.4, -0.2) is 24.0 Å². The lowest BCUT2D eigenvalue weighted by Crippen LogP contribution is -2.18. The van der Waals surface area contributed by atoms with Crippen LogP contribution in [0.4, 0.5) is 0 Å². The summed E-state index contributed by atoms with van der Waals surface area (Å²) in [6.45, 7) is 1.47. The van der Waals surface area contributed by atoms with Crippen molar-refractivity contribution in [1.82, 2.24) is 4.98 Å². The van der Waals surface area contributed by atoms with Crippen molar-refractivity contribution in [3.8, 4) is 0 Å². The molecule has 0 aliphatic rings. The Hall–Kier alpha value is -4.00. The predicted octanol–water partition coefficient (Wildman–Crippen LogP) is 3.79. The largest absolute Gasteiger partial charge is 0.465 e. The van der Waals surface area contributed by atoms with Crippen LogP contribution in [0.1, 0.15) is 32.0 Å². The maximum absolute atomic E-state index is 12.6. The van der Waals surface area contributed by atoms with Crippen molar-refractivity contribution in [2.75, 3.05) is 7.11 Å². The number of pyridine rings is 1. The van der Waals surface area contributed by atoms with E-state index in [-0.39, 0.29) is 23.4 Å². The summed E-state index contributed by atoms with van der Waals surface area (Å²) in [6, 6.07) is 15.6. The maximum atomic E-state index is 12.6. The third kappa shape index (κ3) is 3.41. The Labute approximate surface area is 170 Å². The van der Waals surface area contributed by atoms with E-state index in [0.717, 1.165) is 5.39 Å². The molecule has 150 valence electrons. The fourth-order valence-corrected chi connectivity index (χ4v) is 3.33. The van der Waals surface area contributed by atoms with Crippen molar-refractivity contribution in [3.05, 3.63) is 87.4 Å². The highest BCUT2D eigenvalue weighted by atomic mass is 16.5. The van der Waals surface area contributed by atoms with Crippen molar-refractivity contribution in [1.29, 1.82) is 0 Å². The quantitative estimate of drug-likeness (QED) is 0.378. The van der Waals surface area contributed by atoms with E-state index < -0.39 is 17.6 Å². The number of carbonyl (C=O) groups is 2. The molecule has 0 bridgehead atoms. The molecule has 0 saturated carbocycles. The highest BCUT2D eigenvalue weighted by Gasteiger charge is 2.22. The van der Waals surface area contributed by atoms with Gasteiger partial charge in [-0.2, -0.15) is 0 Å². The molecule has 2 heterocycles. The smallest absolute Gasteiger partial charge is 0.351 e. The van der Waals surface area contributed by atoms with Gasteiger partial charge in [-0.05, 0) is 30.7 Å². The van der Waals surface area contributed by atoms with Gasteiger partial charge in [0.25, 0.3) is 0 Å². The summed E-state index contributed by atoms with van der Waals surface area (Å²) in [5, 5.41) is 1.39. The summed E-state index contributed by atoms with van der Waals surface area (Å²) < 4.78 is 15.4. The number of hydrogen-bond donors (Lipinski definition) is 0. The summed E-state index contributed by atoms with van der Waals surface area (Å²) in [5.74, 6) is -1.44. The maximum Gasteiger partial charge on any atom is 0.351 e. The third-order valence-corrected chi connectivity index (χ3v) is 4.82. The first kappa shape index (κ1) is 19.3. The van der Waals surface area contributed by atoms with Crippen LogP contribution in [0.25, 0.3) is 21.9 Å². The number of rotatable bonds is 4. The molecule has 0 saturated heterocycles. The molecule has 0 atom stereocenters. The van der Waals surface area contributed by atoms with Gasteiger partial charge in [0.2, 0.25) is 0 Å². The number of methoxy groups -OCH3 is 1. The Morgan fingerprint density at radius 1 is 1.03 bits per heavy atom. The number of aromatic nitrogens is 1. The molecule has 2 aromatic heterocycles. The number of hydrogen-bond acceptors (Lipinski definition) is 7. The summed E-state index contributed by atoms with van der Waals surface area (Å²) in [5.41, 5.74) is 1.15. The van der Waals surface area contributed by atoms with Crippen LogP contribution < -0.4 is 5.63 Å². The third-order valence-electron chi connectivity index (χ3n) is 4.82. The van der Waals surface area contributed by atoms with Crippen LogP contribution in [0.3, 0.4) is 0 Å². The van der Waals surface area contributed by atoms with E-state index in [1.54, 1.807) is 37.3 Å². The Kier molecular flexibility index (Phi) is 5.02. The molecular weight excluding hydrogens is 386 g/mol. The van der Waals surface area contributed by atoms with E-state index in [2.05, 4.69) is 4.98 Å². The molecule has 0 aliphatic heterocycles. The van der Waals surface area contributed by atoms with Crippen molar-refractivity contribution in [2.24, 2.45) is 0 Å². The second kappa shape index (κ2) is 7.79. The Balaban J connectivity index is 1.69. The zero-order valence-electron chi connectivity index (χ0n) is 16.3. The number of fused-ring (bicyclic) bond motifs is 2. The summed E-state index contributed by atoms with van der Waals surface area (Å²) in [6.07, 6.45) is 0. The normalized spacial score (nSPS) is 10.9. The van der Waals surface area contributed by atoms with Gasteiger partial charge in [0, 0.05) is 10.8 Å². The first-order valence-electron chi connectivity index (χ1n) is 9.16. The Morgan fingerprint density at radius 2 is 1.77 bits per heavy atom. The fourth-order valence-electron chi connectivity index (χ4n) is 3.33. The second-order valence-corrected chi connectivity index (χ2v) is 6.63. The molecule has 7 heteroatoms. The van der Waals surface area contributed by atoms with Crippen LogP contribution in [0.2, 0.25) is 0 Å². The van der Waals surface area contributed by atoms with Crippen molar-refractivity contribution < 1.29 is 23.5 Å². The second-order valence-electron chi connectivity index (χ2n) is 6.63. The fraction of sp³-hybridized carbons (Fsp3) is 0.130. The van der Waals surface area contributed by atoms with Gasteiger partial charge in [0.15, 0.2) is 0 Å². The SMILES string of the molecule is COC(=O)c1c(COC(=O)c2cc3ccccc3oc2=O)nc2ccccc2c1C. The number of nitrogens with zero attached hydrogens (tertiary/aromatic N) is 1. The number of para-hydroxylation sites is 2. The van der Waals surface area contributed by atoms with E-state index in [1.807, 2.05) is 18.2 Å². The number of carbonyl (C=O) groups excluding carboxylic acids is 2. The molecular formula is C23H17NO6. The molecule has 7 nitrogen and oxygen atoms in total. The highest BCUT2D eigenvalue weighted by molar-refractivity contribution is 5.98. The topological polar surface area (TPSA) is 95.7 Å². The zero-order chi connectivity index (χ0) is 21.3. The number of esters is 2. The standard InChI is InChI=1S/C23H17NO6/c1-13-15-8-4-5-9-17(15)24-18(20(13)23(27)28-2)12-29-21(25)16-11-14-7-3-6-10-19(14)30-22(16)26/h3-11H,12H2,1-2H3. The lowest BCUT2D eigenvalue weighted by atomic mass is 10.0. The zero-order valence-corrected chi connectivity index (χ0v) is 16.3. The number of aryl methyl sites for hydroxylation is 1. The first-order valence-corrected chi connectivity index (χ1v) is 9.16. The molecule has 0 unspecified atom stereocenters. The van der Waals surface area contributed by atoms with Crippen molar-refractivity contribution >= 4 is 33.8 Å². The minimum absolute atomic E-state index is 0.231. The molecule has 30 heavy (non-hydrogen) atoms. The van der Waals surface area contributed by atoms with E-state index in [0.29, 0.717) is 22.0 Å². The van der Waals surface area contributed by atoms with Gasteiger partial charge in [0.05, 0.1) is 23.9 Å². The van der Waals surface area contributed by atoms with Crippen LogP contribution in [0.15, 0.2) is 63.8 Å². The average molecular weight is 403 g/mol. The molecule has 2 aromatic carbocycles. The van der Waals surface area contributed by atoms with E-state index in [4.69, 9.17) is 13.9 Å². The first-order chi connectivity index (χ1) is 14.5. The molecule has 0 amide bonds. The van der Waals surface area contributed by atoms with Gasteiger partial charge in [-0.25, -0.2) is 19.4 Å². The van der Waals surface area contributed by atoms with Gasteiger partial charge in [0.1, 0.15) is 17.8 Å². The highest BCUT2D eigenvalue weighted by Crippen LogP contribution is 2.24. The molecule has 0 aliphatic carbocycles. The minimum Gasteiger partial charge on any atom is -0.465 e. The van der Waals surface area contributed by atoms with Gasteiger partial charge in [-0.3, -0.25) is 0 Å². The summed E-state index contributed by atoms with van der Waals surface area (Å²) >= 11 is 0. The van der Waals surface area contributed by atoms with Crippen LogP contribution >= 0.6 is 0 Å². The van der Waals surface area contributed by atoms with Crippen molar-refractivity contribution in [2.45, 2.75) is 13.5 Å². The molecule has 4 aromatic rings. The molecule has 4 rings (SSSR count). The Bertz CT molecular complexity index is 1360. The minimum atomic E-state index is -0.863. The molecule has 0 N–H and O–H groups in total. The summed E-state index contributed by atoms with van der Waals surface area (Å²) in [7, 11) is 1.27. The van der Waals surface area contributed by atoms with Gasteiger partial charge in [-0.15, -0.1) is 0 Å². The lowest BCUT2D eigenvalue weighted by Gasteiger charge is -2.13. The number of ether oxygens (including phenoxy) is 2. The van der Waals surface area contributed by atoms with Gasteiger partial charge >= 0.3 is 17.6 Å². The van der Waals surface area contributed by atoms with Gasteiger partial charge in [-0.1, -0.05) is 36.4 Å². The van der Waals surface area contributed by atoms with E-state index >= 15 is 0 Å². The van der Waals surface area contributed by atoms with E-state index in [9.17, 15) is 14.4 Å². The molecule has 0 spiro atoms. The van der Waals surface area contributed by atoms with Crippen LogP contribution in [0, 0.1) is 6.92 Å². The van der Waals surface area contributed by atoms with Gasteiger partial charge < -0.3 is 13.9 Å². The Morgan fingerprint density at radius 3 is 2.57 bits per heavy atom. The summed E-state index contributed by atoms with van der Waals surface area (Å²) in [4.78, 5) is 41.5. The predicted molar refractivity (Wildman–Crippen MR) is 109 cm³/mol. The van der Waals surface area contributed by atoms with E-state index in [1.165, 1.54) is 13.2 Å². The average Bonchev–Trinajstić information content (AvgIpc) is 2.76. The van der Waals surface area contributed by atoms with Crippen LogP contribution in [0.5, 0.6) is 0 Å². The lowest BCUT2D eigenvalue weighted by molar-refractivity contribution is 0.0451. The molecule has 0 fully saturated rings.